The number of hydrogen-bond acceptors (Lipinski definition) is 6. The molecule has 0 spiro atoms. The lowest BCUT2D eigenvalue weighted by Gasteiger charge is -2.24. The fourth-order valence-electron chi connectivity index (χ4n) is 3.47. The Balaban J connectivity index is 1.70. The van der Waals surface area contributed by atoms with Crippen LogP contribution >= 0.6 is 23.2 Å². The van der Waals surface area contributed by atoms with Crippen LogP contribution in [0.1, 0.15) is 30.8 Å². The van der Waals surface area contributed by atoms with Crippen molar-refractivity contribution in [2.45, 2.75) is 30.7 Å². The summed E-state index contributed by atoms with van der Waals surface area (Å²) < 4.78 is 33.3. The van der Waals surface area contributed by atoms with Gasteiger partial charge in [-0.1, -0.05) is 23.2 Å². The number of carbonyl (C=O) groups is 3. The van der Waals surface area contributed by atoms with Crippen molar-refractivity contribution in [2.75, 3.05) is 12.4 Å². The number of nitrogens with zero attached hydrogens (tertiary/aromatic N) is 1. The molecule has 10 nitrogen and oxygen atoms in total. The molecule has 0 saturated heterocycles. The van der Waals surface area contributed by atoms with E-state index >= 15 is 0 Å². The molecular formula is C23H24Cl2N4O6S. The molecule has 3 N–H and O–H groups in total. The highest BCUT2D eigenvalue weighted by atomic mass is 35.5. The Labute approximate surface area is 217 Å². The highest BCUT2D eigenvalue weighted by molar-refractivity contribution is 7.90. The highest BCUT2D eigenvalue weighted by Crippen LogP contribution is 2.32. The van der Waals surface area contributed by atoms with E-state index in [2.05, 4.69) is 15.4 Å². The summed E-state index contributed by atoms with van der Waals surface area (Å²) in [5, 5.41) is 6.44. The maximum absolute atomic E-state index is 12.8. The normalized spacial score (nSPS) is 11.7. The molecule has 0 unspecified atom stereocenters. The van der Waals surface area contributed by atoms with E-state index in [-0.39, 0.29) is 11.3 Å². The van der Waals surface area contributed by atoms with Crippen LogP contribution in [0.4, 0.5) is 10.5 Å². The molecule has 0 saturated carbocycles. The molecule has 1 aromatic heterocycles. The molecule has 0 aliphatic carbocycles. The van der Waals surface area contributed by atoms with Crippen molar-refractivity contribution in [3.63, 3.8) is 0 Å². The number of rotatable bonds is 7. The summed E-state index contributed by atoms with van der Waals surface area (Å²) in [5.74, 6) is -1.00. The number of nitrogens with one attached hydrogen (secondary N) is 3. The largest absolute Gasteiger partial charge is 0.469 e. The minimum atomic E-state index is -4.22. The Morgan fingerprint density at radius 1 is 1.06 bits per heavy atom. The predicted octanol–water partition coefficient (Wildman–Crippen LogP) is 4.07. The quantitative estimate of drug-likeness (QED) is 0.376. The van der Waals surface area contributed by atoms with E-state index in [1.807, 2.05) is 4.72 Å². The summed E-state index contributed by atoms with van der Waals surface area (Å²) in [7, 11) is -1.30. The third-order valence-electron chi connectivity index (χ3n) is 5.26. The molecule has 2 aromatic carbocycles. The van der Waals surface area contributed by atoms with Gasteiger partial charge in [0.15, 0.2) is 0 Å². The summed E-state index contributed by atoms with van der Waals surface area (Å²) in [4.78, 5) is 36.3. The van der Waals surface area contributed by atoms with Gasteiger partial charge in [0, 0.05) is 29.2 Å². The van der Waals surface area contributed by atoms with Crippen LogP contribution in [0, 0.1) is 0 Å². The summed E-state index contributed by atoms with van der Waals surface area (Å²) in [6.07, 6.45) is -0.151. The van der Waals surface area contributed by atoms with E-state index < -0.39 is 33.5 Å². The highest BCUT2D eigenvalue weighted by Gasteiger charge is 2.27. The number of benzene rings is 2. The zero-order valence-corrected chi connectivity index (χ0v) is 22.1. The van der Waals surface area contributed by atoms with E-state index in [1.165, 1.54) is 31.4 Å². The summed E-state index contributed by atoms with van der Waals surface area (Å²) in [5.41, 5.74) is 0.323. The number of anilines is 1. The van der Waals surface area contributed by atoms with Crippen molar-refractivity contribution in [1.82, 2.24) is 14.6 Å². The van der Waals surface area contributed by atoms with E-state index in [4.69, 9.17) is 23.2 Å². The van der Waals surface area contributed by atoms with Gasteiger partial charge < -0.3 is 19.9 Å². The maximum Gasteiger partial charge on any atom is 0.329 e. The smallest absolute Gasteiger partial charge is 0.329 e. The number of amides is 3. The monoisotopic (exact) mass is 554 g/mol. The van der Waals surface area contributed by atoms with Gasteiger partial charge in [0.05, 0.1) is 28.5 Å². The number of ether oxygens (including phenoxy) is 1. The fourth-order valence-corrected chi connectivity index (χ4v) is 4.76. The summed E-state index contributed by atoms with van der Waals surface area (Å²) in [6.45, 7) is 3.09. The SMILES string of the molecule is COC(=O)CC(C)(C)NC(=O)NS(=O)(=O)c1ccc(NC(=O)c2cc3c(Cl)c(Cl)ccc3n2C)cc1. The van der Waals surface area contributed by atoms with Gasteiger partial charge >= 0.3 is 12.0 Å². The van der Waals surface area contributed by atoms with Crippen molar-refractivity contribution in [3.05, 3.63) is 58.2 Å². The number of fused-ring (bicyclic) bond motifs is 1. The first-order valence-electron chi connectivity index (χ1n) is 10.5. The number of hydrogen-bond donors (Lipinski definition) is 3. The van der Waals surface area contributed by atoms with Crippen LogP contribution < -0.4 is 15.4 Å². The average Bonchev–Trinajstić information content (AvgIpc) is 3.12. The zero-order chi connectivity index (χ0) is 26.8. The number of aryl methyl sites for hydroxylation is 1. The standard InChI is InChI=1S/C23H24Cl2N4O6S/c1-23(2,12-19(30)35-4)27-22(32)28-36(33,34)14-7-5-13(6-8-14)26-21(31)18-11-15-17(29(18)3)10-9-16(24)20(15)25/h5-11H,12H2,1-4H3,(H,26,31)(H2,27,28,32). The Morgan fingerprint density at radius 3 is 2.31 bits per heavy atom. The van der Waals surface area contributed by atoms with Crippen molar-refractivity contribution in [3.8, 4) is 0 Å². The predicted molar refractivity (Wildman–Crippen MR) is 137 cm³/mol. The Hall–Kier alpha value is -3.28. The number of urea groups is 1. The summed E-state index contributed by atoms with van der Waals surface area (Å²) in [6, 6.07) is 9.25. The molecule has 1 heterocycles. The molecule has 0 aliphatic rings. The maximum atomic E-state index is 12.8. The van der Waals surface area contributed by atoms with Crippen molar-refractivity contribution >= 4 is 67.7 Å². The van der Waals surface area contributed by atoms with Crippen molar-refractivity contribution in [2.24, 2.45) is 7.05 Å². The van der Waals surface area contributed by atoms with E-state index in [0.29, 0.717) is 26.8 Å². The molecule has 13 heteroatoms. The lowest BCUT2D eigenvalue weighted by molar-refractivity contribution is -0.141. The number of esters is 1. The first kappa shape index (κ1) is 27.3. The molecular weight excluding hydrogens is 531 g/mol. The van der Waals surface area contributed by atoms with Crippen LogP contribution in [-0.2, 0) is 26.6 Å². The molecule has 0 radical (unpaired) electrons. The van der Waals surface area contributed by atoms with Crippen LogP contribution in [0.2, 0.25) is 10.0 Å². The average molecular weight is 555 g/mol. The minimum Gasteiger partial charge on any atom is -0.469 e. The molecule has 0 aliphatic heterocycles. The molecule has 0 bridgehead atoms. The first-order chi connectivity index (χ1) is 16.7. The van der Waals surface area contributed by atoms with Gasteiger partial charge in [-0.2, -0.15) is 0 Å². The first-order valence-corrected chi connectivity index (χ1v) is 12.7. The molecule has 0 fully saturated rings. The molecule has 3 aromatic rings. The molecule has 3 amide bonds. The number of sulfonamides is 1. The number of halogens is 2. The third kappa shape index (κ3) is 6.10. The number of methoxy groups -OCH3 is 1. The lowest BCUT2D eigenvalue weighted by Crippen LogP contribution is -2.50. The van der Waals surface area contributed by atoms with Gasteiger partial charge in [-0.05, 0) is 56.3 Å². The van der Waals surface area contributed by atoms with Crippen LogP contribution in [0.25, 0.3) is 10.9 Å². The van der Waals surface area contributed by atoms with Gasteiger partial charge in [-0.25, -0.2) is 17.9 Å². The van der Waals surface area contributed by atoms with Gasteiger partial charge in [0.25, 0.3) is 15.9 Å². The number of aromatic nitrogens is 1. The van der Waals surface area contributed by atoms with Gasteiger partial charge in [0.1, 0.15) is 5.69 Å². The van der Waals surface area contributed by atoms with Gasteiger partial charge in [-0.15, -0.1) is 0 Å². The van der Waals surface area contributed by atoms with Gasteiger partial charge in [0.2, 0.25) is 0 Å². The lowest BCUT2D eigenvalue weighted by atomic mass is 10.0. The van der Waals surface area contributed by atoms with Crippen molar-refractivity contribution < 1.29 is 27.5 Å². The Kier molecular flexibility index (Phi) is 7.87. The van der Waals surface area contributed by atoms with Gasteiger partial charge in [-0.3, -0.25) is 9.59 Å². The molecule has 3 rings (SSSR count). The second kappa shape index (κ2) is 10.4. The van der Waals surface area contributed by atoms with Crippen LogP contribution in [0.5, 0.6) is 0 Å². The third-order valence-corrected chi connectivity index (χ3v) is 7.43. The Bertz CT molecular complexity index is 1450. The van der Waals surface area contributed by atoms with Crippen LogP contribution in [-0.4, -0.2) is 43.5 Å². The van der Waals surface area contributed by atoms with E-state index in [0.717, 1.165) is 5.52 Å². The second-order valence-electron chi connectivity index (χ2n) is 8.56. The fraction of sp³-hybridized carbons (Fsp3) is 0.261. The van der Waals surface area contributed by atoms with E-state index in [9.17, 15) is 22.8 Å². The second-order valence-corrected chi connectivity index (χ2v) is 11.0. The minimum absolute atomic E-state index is 0.151. The topological polar surface area (TPSA) is 136 Å². The van der Waals surface area contributed by atoms with Crippen LogP contribution in [0.3, 0.4) is 0 Å². The molecule has 36 heavy (non-hydrogen) atoms. The zero-order valence-electron chi connectivity index (χ0n) is 19.8. The molecule has 192 valence electrons. The summed E-state index contributed by atoms with van der Waals surface area (Å²) >= 11 is 12.3. The van der Waals surface area contributed by atoms with Crippen LogP contribution in [0.15, 0.2) is 47.4 Å². The Morgan fingerprint density at radius 2 is 1.69 bits per heavy atom. The van der Waals surface area contributed by atoms with Crippen molar-refractivity contribution in [1.29, 1.82) is 0 Å². The van der Waals surface area contributed by atoms with E-state index in [1.54, 1.807) is 43.7 Å². The number of carbonyl (C=O) groups excluding carboxylic acids is 3. The molecule has 0 atom stereocenters.